The molecule has 0 fully saturated rings. The molecule has 0 radical (unpaired) electrons. The molecule has 0 atom stereocenters. The third kappa shape index (κ3) is 1.90. The number of anilines is 2. The van der Waals surface area contributed by atoms with Gasteiger partial charge >= 0.3 is 6.09 Å². The number of benzene rings is 1. The molecule has 3 N–H and O–H groups in total. The minimum Gasteiger partial charge on any atom is -0.453 e. The summed E-state index contributed by atoms with van der Waals surface area (Å²) in [5, 5.41) is 1.97. The Hall–Kier alpha value is -1.85. The average Bonchev–Trinajstić information content (AvgIpc) is 2.18. The molecule has 0 aliphatic rings. The van der Waals surface area contributed by atoms with Gasteiger partial charge in [-0.05, 0) is 12.1 Å². The Morgan fingerprint density at radius 2 is 2.14 bits per heavy atom. The summed E-state index contributed by atoms with van der Waals surface area (Å²) in [5.41, 5.74) is 4.82. The Morgan fingerprint density at radius 3 is 2.71 bits per heavy atom. The highest BCUT2D eigenvalue weighted by molar-refractivity contribution is 5.89. The zero-order chi connectivity index (χ0) is 10.7. The molecule has 0 aliphatic carbocycles. The molecule has 14 heavy (non-hydrogen) atoms. The van der Waals surface area contributed by atoms with Crippen LogP contribution in [0.1, 0.15) is 0 Å². The number of nitrogen functional groups attached to an aromatic ring is 1. The monoisotopic (exact) mass is 202 g/mol. The van der Waals surface area contributed by atoms with E-state index in [2.05, 4.69) is 4.74 Å². The lowest BCUT2D eigenvalue weighted by atomic mass is 10.2. The molecular weight excluding hydrogens is 194 g/mol. The van der Waals surface area contributed by atoms with E-state index in [4.69, 9.17) is 5.73 Å². The van der Waals surface area contributed by atoms with Crippen LogP contribution in [0.3, 0.4) is 0 Å². The fourth-order valence-electron chi connectivity index (χ4n) is 0.846. The maximum Gasteiger partial charge on any atom is 0.411 e. The SMILES string of the molecule is COC(=O)Nc1c(N)ccc(F)c1F. The predicted molar refractivity (Wildman–Crippen MR) is 46.8 cm³/mol. The Kier molecular flexibility index (Phi) is 2.85. The largest absolute Gasteiger partial charge is 0.453 e. The number of carbonyl (C=O) groups is 1. The van der Waals surface area contributed by atoms with Gasteiger partial charge in [0.05, 0.1) is 12.8 Å². The number of nitrogens with two attached hydrogens (primary N) is 1. The summed E-state index contributed by atoms with van der Waals surface area (Å²) >= 11 is 0. The molecule has 0 spiro atoms. The maximum absolute atomic E-state index is 13.0. The second kappa shape index (κ2) is 3.91. The van der Waals surface area contributed by atoms with Gasteiger partial charge < -0.3 is 10.5 Å². The normalized spacial score (nSPS) is 9.64. The standard InChI is InChI=1S/C8H8F2N2O2/c1-14-8(13)12-7-5(11)3-2-4(9)6(7)10/h2-3H,11H2,1H3,(H,12,13). The first kappa shape index (κ1) is 10.2. The van der Waals surface area contributed by atoms with Crippen molar-refractivity contribution in [2.45, 2.75) is 0 Å². The van der Waals surface area contributed by atoms with Crippen LogP contribution in [0.25, 0.3) is 0 Å². The van der Waals surface area contributed by atoms with Crippen molar-refractivity contribution in [2.24, 2.45) is 0 Å². The summed E-state index contributed by atoms with van der Waals surface area (Å²) in [6.07, 6.45) is -0.916. The van der Waals surface area contributed by atoms with Crippen molar-refractivity contribution in [3.8, 4) is 0 Å². The highest BCUT2D eigenvalue weighted by Gasteiger charge is 2.14. The lowest BCUT2D eigenvalue weighted by molar-refractivity contribution is 0.187. The molecule has 1 rings (SSSR count). The second-order valence-corrected chi connectivity index (χ2v) is 2.44. The molecule has 0 bridgehead atoms. The number of nitrogens with one attached hydrogen (secondary N) is 1. The first-order valence-corrected chi connectivity index (χ1v) is 3.64. The second-order valence-electron chi connectivity index (χ2n) is 2.44. The van der Waals surface area contributed by atoms with E-state index in [1.807, 2.05) is 5.32 Å². The topological polar surface area (TPSA) is 64.3 Å². The number of amides is 1. The van der Waals surface area contributed by atoms with E-state index < -0.39 is 23.4 Å². The molecule has 0 aromatic heterocycles. The number of methoxy groups -OCH3 is 1. The molecule has 76 valence electrons. The van der Waals surface area contributed by atoms with Crippen LogP contribution in [-0.4, -0.2) is 13.2 Å². The van der Waals surface area contributed by atoms with Crippen molar-refractivity contribution in [2.75, 3.05) is 18.2 Å². The lowest BCUT2D eigenvalue weighted by Crippen LogP contribution is -2.14. The van der Waals surface area contributed by atoms with Crippen LogP contribution in [0.5, 0.6) is 0 Å². The highest BCUT2D eigenvalue weighted by atomic mass is 19.2. The van der Waals surface area contributed by atoms with Crippen molar-refractivity contribution in [1.29, 1.82) is 0 Å². The van der Waals surface area contributed by atoms with Gasteiger partial charge in [0.15, 0.2) is 11.6 Å². The van der Waals surface area contributed by atoms with Crippen molar-refractivity contribution in [3.05, 3.63) is 23.8 Å². The summed E-state index contributed by atoms with van der Waals surface area (Å²) in [5.74, 6) is -2.30. The molecular formula is C8H8F2N2O2. The zero-order valence-electron chi connectivity index (χ0n) is 7.30. The van der Waals surface area contributed by atoms with E-state index in [9.17, 15) is 13.6 Å². The summed E-state index contributed by atoms with van der Waals surface area (Å²) < 4.78 is 29.9. The van der Waals surface area contributed by atoms with Crippen molar-refractivity contribution < 1.29 is 18.3 Å². The molecule has 0 saturated carbocycles. The van der Waals surface area contributed by atoms with Crippen LogP contribution in [0.4, 0.5) is 25.0 Å². The number of hydrogen-bond acceptors (Lipinski definition) is 3. The van der Waals surface area contributed by atoms with E-state index in [0.717, 1.165) is 19.2 Å². The van der Waals surface area contributed by atoms with Crippen LogP contribution in [-0.2, 0) is 4.74 Å². The van der Waals surface area contributed by atoms with Gasteiger partial charge in [0.2, 0.25) is 0 Å². The fourth-order valence-corrected chi connectivity index (χ4v) is 0.846. The molecule has 0 saturated heterocycles. The molecule has 6 heteroatoms. The van der Waals surface area contributed by atoms with Crippen LogP contribution in [0.2, 0.25) is 0 Å². The van der Waals surface area contributed by atoms with E-state index in [-0.39, 0.29) is 5.69 Å². The van der Waals surface area contributed by atoms with E-state index in [1.165, 1.54) is 0 Å². The molecule has 0 unspecified atom stereocenters. The van der Waals surface area contributed by atoms with E-state index in [1.54, 1.807) is 0 Å². The first-order chi connectivity index (χ1) is 6.56. The fraction of sp³-hybridized carbons (Fsp3) is 0.125. The van der Waals surface area contributed by atoms with Crippen LogP contribution in [0, 0.1) is 11.6 Å². The third-order valence-electron chi connectivity index (χ3n) is 1.54. The Morgan fingerprint density at radius 1 is 1.50 bits per heavy atom. The van der Waals surface area contributed by atoms with Crippen molar-refractivity contribution >= 4 is 17.5 Å². The minimum absolute atomic E-state index is 0.0747. The molecule has 1 aromatic rings. The highest BCUT2D eigenvalue weighted by Crippen LogP contribution is 2.24. The average molecular weight is 202 g/mol. The van der Waals surface area contributed by atoms with Gasteiger partial charge in [0, 0.05) is 0 Å². The van der Waals surface area contributed by atoms with Gasteiger partial charge in [-0.15, -0.1) is 0 Å². The number of rotatable bonds is 1. The smallest absolute Gasteiger partial charge is 0.411 e. The lowest BCUT2D eigenvalue weighted by Gasteiger charge is -2.08. The van der Waals surface area contributed by atoms with Crippen molar-refractivity contribution in [3.63, 3.8) is 0 Å². The molecule has 0 aliphatic heterocycles. The number of ether oxygens (including phenoxy) is 1. The Labute approximate surface area is 78.7 Å². The van der Waals surface area contributed by atoms with Gasteiger partial charge in [-0.25, -0.2) is 13.6 Å². The maximum atomic E-state index is 13.0. The summed E-state index contributed by atoms with van der Waals surface area (Å²) in [6, 6.07) is 2.01. The zero-order valence-corrected chi connectivity index (χ0v) is 7.30. The Balaban J connectivity index is 3.06. The van der Waals surface area contributed by atoms with Crippen LogP contribution < -0.4 is 11.1 Å². The number of halogens is 2. The van der Waals surface area contributed by atoms with Gasteiger partial charge in [-0.3, -0.25) is 5.32 Å². The van der Waals surface area contributed by atoms with Crippen LogP contribution >= 0.6 is 0 Å². The van der Waals surface area contributed by atoms with E-state index >= 15 is 0 Å². The summed E-state index contributed by atoms with van der Waals surface area (Å²) in [4.78, 5) is 10.7. The quantitative estimate of drug-likeness (QED) is 0.681. The van der Waals surface area contributed by atoms with E-state index in [0.29, 0.717) is 0 Å². The van der Waals surface area contributed by atoms with Crippen LogP contribution in [0.15, 0.2) is 12.1 Å². The number of hydrogen-bond donors (Lipinski definition) is 2. The van der Waals surface area contributed by atoms with Gasteiger partial charge in [-0.2, -0.15) is 0 Å². The van der Waals surface area contributed by atoms with Gasteiger partial charge in [0.25, 0.3) is 0 Å². The Bertz CT molecular complexity index is 369. The van der Waals surface area contributed by atoms with Gasteiger partial charge in [0.1, 0.15) is 5.69 Å². The number of carbonyl (C=O) groups excluding carboxylic acids is 1. The molecule has 0 heterocycles. The molecule has 1 amide bonds. The minimum atomic E-state index is -1.21. The third-order valence-corrected chi connectivity index (χ3v) is 1.54. The molecule has 1 aromatic carbocycles. The first-order valence-electron chi connectivity index (χ1n) is 3.64. The van der Waals surface area contributed by atoms with Gasteiger partial charge in [-0.1, -0.05) is 0 Å². The van der Waals surface area contributed by atoms with Crippen molar-refractivity contribution in [1.82, 2.24) is 0 Å². The molecule has 4 nitrogen and oxygen atoms in total. The summed E-state index contributed by atoms with van der Waals surface area (Å²) in [6.45, 7) is 0. The summed E-state index contributed by atoms with van der Waals surface area (Å²) in [7, 11) is 1.10. The predicted octanol–water partition coefficient (Wildman–Crippen LogP) is 1.73.